The number of hydrogen-bond donors (Lipinski definition) is 2. The zero-order valence-electron chi connectivity index (χ0n) is 12.0. The molecule has 0 bridgehead atoms. The van der Waals surface area contributed by atoms with Crippen molar-refractivity contribution in [1.29, 1.82) is 0 Å². The van der Waals surface area contributed by atoms with E-state index in [0.29, 0.717) is 18.8 Å². The summed E-state index contributed by atoms with van der Waals surface area (Å²) in [5.41, 5.74) is 5.00. The van der Waals surface area contributed by atoms with Crippen LogP contribution in [0.1, 0.15) is 30.3 Å². The van der Waals surface area contributed by atoms with E-state index in [9.17, 15) is 18.0 Å². The van der Waals surface area contributed by atoms with Gasteiger partial charge in [0.1, 0.15) is 0 Å². The van der Waals surface area contributed by atoms with Crippen molar-refractivity contribution in [1.82, 2.24) is 15.1 Å². The zero-order valence-corrected chi connectivity index (χ0v) is 12.0. The van der Waals surface area contributed by atoms with E-state index < -0.39 is 11.9 Å². The number of rotatable bonds is 3. The average molecular weight is 304 g/mol. The molecule has 2 atom stereocenters. The molecule has 3 N–H and O–H groups in total. The Morgan fingerprint density at radius 1 is 1.48 bits per heavy atom. The first-order chi connectivity index (χ1) is 9.68. The fourth-order valence-corrected chi connectivity index (χ4v) is 2.88. The highest BCUT2D eigenvalue weighted by molar-refractivity contribution is 5.77. The SMILES string of the molecule is Cc1c(C(F)(F)F)n[nH]c1CN1CC(C)CC(C(N)=O)C1. The van der Waals surface area contributed by atoms with Crippen molar-refractivity contribution in [3.63, 3.8) is 0 Å². The summed E-state index contributed by atoms with van der Waals surface area (Å²) < 4.78 is 38.1. The van der Waals surface area contributed by atoms with Gasteiger partial charge in [-0.05, 0) is 19.3 Å². The van der Waals surface area contributed by atoms with Crippen LogP contribution in [0.4, 0.5) is 13.2 Å². The summed E-state index contributed by atoms with van der Waals surface area (Å²) in [6.45, 7) is 4.91. The van der Waals surface area contributed by atoms with Crippen molar-refractivity contribution >= 4 is 5.91 Å². The van der Waals surface area contributed by atoms with Crippen LogP contribution in [0.25, 0.3) is 0 Å². The van der Waals surface area contributed by atoms with Crippen LogP contribution in [0, 0.1) is 18.8 Å². The molecule has 1 amide bonds. The standard InChI is InChI=1S/C13H19F3N4O/c1-7-3-9(12(17)21)5-20(4-7)6-10-8(2)11(19-18-10)13(14,15)16/h7,9H,3-6H2,1-2H3,(H2,17,21)(H,18,19). The average Bonchev–Trinajstić information content (AvgIpc) is 2.70. The van der Waals surface area contributed by atoms with Crippen molar-refractivity contribution < 1.29 is 18.0 Å². The van der Waals surface area contributed by atoms with Gasteiger partial charge in [-0.1, -0.05) is 6.92 Å². The second-order valence-electron chi connectivity index (χ2n) is 5.81. The first-order valence-electron chi connectivity index (χ1n) is 6.81. The number of nitrogens with zero attached hydrogens (tertiary/aromatic N) is 2. The van der Waals surface area contributed by atoms with Gasteiger partial charge >= 0.3 is 6.18 Å². The zero-order chi connectivity index (χ0) is 15.8. The number of likely N-dealkylation sites (tertiary alicyclic amines) is 1. The highest BCUT2D eigenvalue weighted by atomic mass is 19.4. The molecule has 0 spiro atoms. The van der Waals surface area contributed by atoms with Crippen molar-refractivity contribution in [2.45, 2.75) is 33.0 Å². The van der Waals surface area contributed by atoms with Gasteiger partial charge in [0.05, 0.1) is 11.6 Å². The Morgan fingerprint density at radius 2 is 2.14 bits per heavy atom. The van der Waals surface area contributed by atoms with Crippen molar-refractivity contribution in [2.75, 3.05) is 13.1 Å². The molecule has 1 aromatic heterocycles. The lowest BCUT2D eigenvalue weighted by Gasteiger charge is -2.34. The number of amides is 1. The Hall–Kier alpha value is -1.57. The van der Waals surface area contributed by atoms with Gasteiger partial charge in [0.15, 0.2) is 5.69 Å². The third kappa shape index (κ3) is 3.55. The van der Waals surface area contributed by atoms with Crippen molar-refractivity contribution in [3.05, 3.63) is 17.0 Å². The summed E-state index contributed by atoms with van der Waals surface area (Å²) in [5, 5.41) is 5.82. The minimum absolute atomic E-state index is 0.108. The number of halogens is 3. The Bertz CT molecular complexity index is 526. The van der Waals surface area contributed by atoms with Crippen LogP contribution >= 0.6 is 0 Å². The van der Waals surface area contributed by atoms with E-state index in [1.807, 2.05) is 11.8 Å². The van der Waals surface area contributed by atoms with E-state index in [1.54, 1.807) is 0 Å². The van der Waals surface area contributed by atoms with Gasteiger partial charge in [-0.3, -0.25) is 14.8 Å². The molecule has 0 aliphatic carbocycles. The molecule has 0 aromatic carbocycles. The normalized spacial score (nSPS) is 24.2. The van der Waals surface area contributed by atoms with Crippen LogP contribution in [0.3, 0.4) is 0 Å². The molecule has 8 heteroatoms. The highest BCUT2D eigenvalue weighted by Crippen LogP contribution is 2.32. The maximum Gasteiger partial charge on any atom is 0.435 e. The number of piperidine rings is 1. The molecule has 1 aliphatic rings. The van der Waals surface area contributed by atoms with Crippen LogP contribution < -0.4 is 5.73 Å². The van der Waals surface area contributed by atoms with E-state index in [2.05, 4.69) is 10.2 Å². The molecule has 0 saturated carbocycles. The Balaban J connectivity index is 2.11. The molecule has 1 saturated heterocycles. The number of aromatic nitrogens is 2. The number of hydrogen-bond acceptors (Lipinski definition) is 3. The van der Waals surface area contributed by atoms with Crippen LogP contribution in [-0.4, -0.2) is 34.1 Å². The summed E-state index contributed by atoms with van der Waals surface area (Å²) in [7, 11) is 0. The summed E-state index contributed by atoms with van der Waals surface area (Å²) in [4.78, 5) is 13.3. The number of alkyl halides is 3. The van der Waals surface area contributed by atoms with E-state index in [0.717, 1.165) is 13.0 Å². The molecule has 2 heterocycles. The summed E-state index contributed by atoms with van der Waals surface area (Å²) in [6, 6.07) is 0. The first-order valence-corrected chi connectivity index (χ1v) is 6.81. The van der Waals surface area contributed by atoms with Gasteiger partial charge in [0.25, 0.3) is 0 Å². The molecule has 118 valence electrons. The molecule has 1 fully saturated rings. The van der Waals surface area contributed by atoms with Crippen LogP contribution in [0.2, 0.25) is 0 Å². The third-order valence-corrected chi connectivity index (χ3v) is 3.90. The molecule has 2 unspecified atom stereocenters. The molecule has 2 rings (SSSR count). The predicted molar refractivity (Wildman–Crippen MR) is 70.1 cm³/mol. The quantitative estimate of drug-likeness (QED) is 0.892. The number of carbonyl (C=O) groups excluding carboxylic acids is 1. The lowest BCUT2D eigenvalue weighted by molar-refractivity contribution is -0.141. The molecule has 1 aromatic rings. The number of aromatic amines is 1. The minimum Gasteiger partial charge on any atom is -0.369 e. The largest absolute Gasteiger partial charge is 0.435 e. The second-order valence-corrected chi connectivity index (χ2v) is 5.81. The van der Waals surface area contributed by atoms with Gasteiger partial charge in [-0.15, -0.1) is 0 Å². The molecular formula is C13H19F3N4O. The fourth-order valence-electron chi connectivity index (χ4n) is 2.88. The van der Waals surface area contributed by atoms with E-state index >= 15 is 0 Å². The number of nitrogens with one attached hydrogen (secondary N) is 1. The maximum absolute atomic E-state index is 12.7. The second kappa shape index (κ2) is 5.67. The molecule has 0 radical (unpaired) electrons. The van der Waals surface area contributed by atoms with E-state index in [4.69, 9.17) is 5.73 Å². The van der Waals surface area contributed by atoms with Gasteiger partial charge in [-0.25, -0.2) is 0 Å². The molecular weight excluding hydrogens is 285 g/mol. The number of H-pyrrole nitrogens is 1. The Kier molecular flexibility index (Phi) is 4.27. The Labute approximate surface area is 120 Å². The fraction of sp³-hybridized carbons (Fsp3) is 0.692. The third-order valence-electron chi connectivity index (χ3n) is 3.90. The van der Waals surface area contributed by atoms with Gasteiger partial charge in [0, 0.05) is 25.2 Å². The lowest BCUT2D eigenvalue weighted by atomic mass is 9.90. The molecule has 21 heavy (non-hydrogen) atoms. The van der Waals surface area contributed by atoms with Gasteiger partial charge < -0.3 is 5.73 Å². The van der Waals surface area contributed by atoms with E-state index in [1.165, 1.54) is 6.92 Å². The van der Waals surface area contributed by atoms with E-state index in [-0.39, 0.29) is 23.3 Å². The smallest absolute Gasteiger partial charge is 0.369 e. The molecule has 5 nitrogen and oxygen atoms in total. The number of primary amides is 1. The first kappa shape index (κ1) is 15.8. The summed E-state index contributed by atoms with van der Waals surface area (Å²) in [5.74, 6) is -0.329. The minimum atomic E-state index is -4.45. The van der Waals surface area contributed by atoms with Crippen molar-refractivity contribution in [2.24, 2.45) is 17.6 Å². The van der Waals surface area contributed by atoms with Crippen LogP contribution in [0.5, 0.6) is 0 Å². The van der Waals surface area contributed by atoms with Crippen molar-refractivity contribution in [3.8, 4) is 0 Å². The number of carbonyl (C=O) groups is 1. The van der Waals surface area contributed by atoms with Crippen LogP contribution in [0.15, 0.2) is 0 Å². The van der Waals surface area contributed by atoms with Crippen LogP contribution in [-0.2, 0) is 17.5 Å². The van der Waals surface area contributed by atoms with Gasteiger partial charge in [0.2, 0.25) is 5.91 Å². The molecule has 1 aliphatic heterocycles. The number of nitrogens with two attached hydrogens (primary N) is 1. The highest BCUT2D eigenvalue weighted by Gasteiger charge is 2.37. The maximum atomic E-state index is 12.7. The predicted octanol–water partition coefficient (Wildman–Crippen LogP) is 1.68. The topological polar surface area (TPSA) is 75.0 Å². The lowest BCUT2D eigenvalue weighted by Crippen LogP contribution is -2.44. The van der Waals surface area contributed by atoms with Gasteiger partial charge in [-0.2, -0.15) is 18.3 Å². The Morgan fingerprint density at radius 3 is 2.67 bits per heavy atom. The summed E-state index contributed by atoms with van der Waals surface area (Å²) >= 11 is 0. The summed E-state index contributed by atoms with van der Waals surface area (Å²) in [6.07, 6.45) is -3.73. The monoisotopic (exact) mass is 304 g/mol.